The van der Waals surface area contributed by atoms with E-state index in [0.717, 1.165) is 28.0 Å². The SMILES string of the molecule is C=CCn1c(SCCC(=O)Nc2ccccc2)nnc1-c1cccc(OC)c1. The Kier molecular flexibility index (Phi) is 6.86. The van der Waals surface area contributed by atoms with Gasteiger partial charge in [-0.2, -0.15) is 0 Å². The molecule has 0 aliphatic rings. The van der Waals surface area contributed by atoms with E-state index in [2.05, 4.69) is 22.1 Å². The summed E-state index contributed by atoms with van der Waals surface area (Å²) in [5.74, 6) is 2.08. The summed E-state index contributed by atoms with van der Waals surface area (Å²) >= 11 is 1.50. The van der Waals surface area contributed by atoms with Crippen molar-refractivity contribution >= 4 is 23.4 Å². The minimum Gasteiger partial charge on any atom is -0.497 e. The molecule has 0 fully saturated rings. The molecule has 7 heteroatoms. The van der Waals surface area contributed by atoms with E-state index < -0.39 is 0 Å². The number of allylic oxidation sites excluding steroid dienone is 1. The Morgan fingerprint density at radius 3 is 2.79 bits per heavy atom. The van der Waals surface area contributed by atoms with Crippen LogP contribution in [-0.2, 0) is 11.3 Å². The third-order valence-electron chi connectivity index (χ3n) is 3.97. The van der Waals surface area contributed by atoms with Crippen molar-refractivity contribution in [3.8, 4) is 17.1 Å². The fourth-order valence-corrected chi connectivity index (χ4v) is 3.53. The van der Waals surface area contributed by atoms with Crippen molar-refractivity contribution in [1.29, 1.82) is 0 Å². The van der Waals surface area contributed by atoms with Gasteiger partial charge in [-0.15, -0.1) is 16.8 Å². The zero-order valence-corrected chi connectivity index (χ0v) is 16.5. The van der Waals surface area contributed by atoms with E-state index in [0.29, 0.717) is 18.7 Å². The van der Waals surface area contributed by atoms with Crippen molar-refractivity contribution in [3.05, 3.63) is 67.3 Å². The predicted molar refractivity (Wildman–Crippen MR) is 113 cm³/mol. The molecular formula is C21H22N4O2S. The first-order valence-electron chi connectivity index (χ1n) is 8.87. The molecule has 0 aliphatic heterocycles. The molecule has 0 unspecified atom stereocenters. The average Bonchev–Trinajstić information content (AvgIpc) is 3.12. The van der Waals surface area contributed by atoms with Gasteiger partial charge in [0.2, 0.25) is 5.91 Å². The quantitative estimate of drug-likeness (QED) is 0.434. The van der Waals surface area contributed by atoms with Gasteiger partial charge in [0.05, 0.1) is 7.11 Å². The average molecular weight is 395 g/mol. The van der Waals surface area contributed by atoms with Gasteiger partial charge in [0.25, 0.3) is 0 Å². The lowest BCUT2D eigenvalue weighted by Gasteiger charge is -2.09. The van der Waals surface area contributed by atoms with Crippen molar-refractivity contribution in [3.63, 3.8) is 0 Å². The number of methoxy groups -OCH3 is 1. The lowest BCUT2D eigenvalue weighted by atomic mass is 10.2. The van der Waals surface area contributed by atoms with Crippen LogP contribution in [0.1, 0.15) is 6.42 Å². The van der Waals surface area contributed by atoms with E-state index in [9.17, 15) is 4.79 Å². The molecule has 1 heterocycles. The second kappa shape index (κ2) is 9.75. The van der Waals surface area contributed by atoms with Gasteiger partial charge in [0.1, 0.15) is 5.75 Å². The van der Waals surface area contributed by atoms with Crippen LogP contribution in [0.2, 0.25) is 0 Å². The molecule has 0 atom stereocenters. The molecular weight excluding hydrogens is 372 g/mol. The highest BCUT2D eigenvalue weighted by Gasteiger charge is 2.14. The standard InChI is InChI=1S/C21H22N4O2S/c1-3-13-25-20(16-8-7-11-18(15-16)27-2)23-24-21(25)28-14-12-19(26)22-17-9-5-4-6-10-17/h3-11,15H,1,12-14H2,2H3,(H,22,26). The number of nitrogens with one attached hydrogen (secondary N) is 1. The Hall–Kier alpha value is -3.06. The molecule has 0 saturated heterocycles. The molecule has 0 saturated carbocycles. The molecule has 6 nitrogen and oxygen atoms in total. The number of benzene rings is 2. The molecule has 3 rings (SSSR count). The first-order valence-corrected chi connectivity index (χ1v) is 9.86. The number of ether oxygens (including phenoxy) is 1. The number of hydrogen-bond acceptors (Lipinski definition) is 5. The topological polar surface area (TPSA) is 69.0 Å². The maximum atomic E-state index is 12.1. The molecule has 0 aliphatic carbocycles. The number of amides is 1. The minimum atomic E-state index is -0.0264. The Bertz CT molecular complexity index is 941. The summed E-state index contributed by atoms with van der Waals surface area (Å²) < 4.78 is 7.28. The second-order valence-corrected chi connectivity index (χ2v) is 7.01. The second-order valence-electron chi connectivity index (χ2n) is 5.95. The summed E-state index contributed by atoms with van der Waals surface area (Å²) in [4.78, 5) is 12.1. The van der Waals surface area contributed by atoms with Crippen LogP contribution in [0.15, 0.2) is 72.4 Å². The van der Waals surface area contributed by atoms with Crippen LogP contribution in [0.4, 0.5) is 5.69 Å². The molecule has 1 aromatic heterocycles. The van der Waals surface area contributed by atoms with Gasteiger partial charge in [0.15, 0.2) is 11.0 Å². The molecule has 2 aromatic carbocycles. The number of anilines is 1. The van der Waals surface area contributed by atoms with Crippen molar-refractivity contribution in [1.82, 2.24) is 14.8 Å². The zero-order chi connectivity index (χ0) is 19.8. The summed E-state index contributed by atoms with van der Waals surface area (Å²) in [5, 5.41) is 12.3. The number of rotatable bonds is 9. The minimum absolute atomic E-state index is 0.0264. The highest BCUT2D eigenvalue weighted by atomic mass is 32.2. The van der Waals surface area contributed by atoms with E-state index in [1.807, 2.05) is 59.2 Å². The van der Waals surface area contributed by atoms with E-state index in [1.165, 1.54) is 11.8 Å². The van der Waals surface area contributed by atoms with Crippen LogP contribution in [0.5, 0.6) is 5.75 Å². The van der Waals surface area contributed by atoms with Crippen LogP contribution in [0.25, 0.3) is 11.4 Å². The zero-order valence-electron chi connectivity index (χ0n) is 15.7. The van der Waals surface area contributed by atoms with Gasteiger partial charge >= 0.3 is 0 Å². The highest BCUT2D eigenvalue weighted by Crippen LogP contribution is 2.27. The van der Waals surface area contributed by atoms with Crippen molar-refractivity contribution in [2.24, 2.45) is 0 Å². The number of aromatic nitrogens is 3. The number of carbonyl (C=O) groups is 1. The van der Waals surface area contributed by atoms with Gasteiger partial charge in [-0.25, -0.2) is 0 Å². The Balaban J connectivity index is 1.66. The summed E-state index contributed by atoms with van der Waals surface area (Å²) in [7, 11) is 1.63. The van der Waals surface area contributed by atoms with Gasteiger partial charge in [0, 0.05) is 30.0 Å². The molecule has 0 radical (unpaired) electrons. The van der Waals surface area contributed by atoms with E-state index in [1.54, 1.807) is 13.2 Å². The number of nitrogens with zero attached hydrogens (tertiary/aromatic N) is 3. The Labute approximate surface area is 168 Å². The lowest BCUT2D eigenvalue weighted by molar-refractivity contribution is -0.115. The number of thioether (sulfide) groups is 1. The predicted octanol–water partition coefficient (Wildman–Crippen LogP) is 4.26. The van der Waals surface area contributed by atoms with Crippen LogP contribution in [0.3, 0.4) is 0 Å². The molecule has 28 heavy (non-hydrogen) atoms. The maximum Gasteiger partial charge on any atom is 0.225 e. The molecule has 1 N–H and O–H groups in total. The molecule has 3 aromatic rings. The summed E-state index contributed by atoms with van der Waals surface area (Å²) in [6.45, 7) is 4.41. The van der Waals surface area contributed by atoms with E-state index in [4.69, 9.17) is 4.74 Å². The summed E-state index contributed by atoms with van der Waals surface area (Å²) in [6, 6.07) is 17.1. The Morgan fingerprint density at radius 2 is 2.04 bits per heavy atom. The van der Waals surface area contributed by atoms with Gasteiger partial charge < -0.3 is 10.1 Å². The van der Waals surface area contributed by atoms with Crippen LogP contribution in [0, 0.1) is 0 Å². The van der Waals surface area contributed by atoms with Crippen LogP contribution >= 0.6 is 11.8 Å². The fraction of sp³-hybridized carbons (Fsp3) is 0.190. The largest absolute Gasteiger partial charge is 0.497 e. The first-order chi connectivity index (χ1) is 13.7. The summed E-state index contributed by atoms with van der Waals surface area (Å²) in [5.41, 5.74) is 1.72. The number of para-hydroxylation sites is 1. The van der Waals surface area contributed by atoms with Crippen LogP contribution in [-0.4, -0.2) is 33.5 Å². The van der Waals surface area contributed by atoms with Gasteiger partial charge in [-0.05, 0) is 24.3 Å². The van der Waals surface area contributed by atoms with Crippen molar-refractivity contribution in [2.45, 2.75) is 18.1 Å². The smallest absolute Gasteiger partial charge is 0.225 e. The van der Waals surface area contributed by atoms with E-state index >= 15 is 0 Å². The monoisotopic (exact) mass is 394 g/mol. The first kappa shape index (κ1) is 19.7. The lowest BCUT2D eigenvalue weighted by Crippen LogP contribution is -2.12. The normalized spacial score (nSPS) is 10.5. The highest BCUT2D eigenvalue weighted by molar-refractivity contribution is 7.99. The molecule has 1 amide bonds. The fourth-order valence-electron chi connectivity index (χ4n) is 2.64. The van der Waals surface area contributed by atoms with Crippen LogP contribution < -0.4 is 10.1 Å². The molecule has 144 valence electrons. The maximum absolute atomic E-state index is 12.1. The third kappa shape index (κ3) is 5.01. The van der Waals surface area contributed by atoms with Crippen molar-refractivity contribution in [2.75, 3.05) is 18.2 Å². The van der Waals surface area contributed by atoms with Crippen molar-refractivity contribution < 1.29 is 9.53 Å². The third-order valence-corrected chi connectivity index (χ3v) is 4.94. The number of carbonyl (C=O) groups excluding carboxylic acids is 1. The number of hydrogen-bond donors (Lipinski definition) is 1. The molecule has 0 bridgehead atoms. The summed E-state index contributed by atoms with van der Waals surface area (Å²) in [6.07, 6.45) is 2.19. The van der Waals surface area contributed by atoms with Gasteiger partial charge in [-0.1, -0.05) is 48.2 Å². The van der Waals surface area contributed by atoms with Gasteiger partial charge in [-0.3, -0.25) is 9.36 Å². The Morgan fingerprint density at radius 1 is 1.21 bits per heavy atom. The molecule has 0 spiro atoms. The van der Waals surface area contributed by atoms with E-state index in [-0.39, 0.29) is 5.91 Å².